The summed E-state index contributed by atoms with van der Waals surface area (Å²) >= 11 is 6.11. The lowest BCUT2D eigenvalue weighted by molar-refractivity contribution is -0.163. The number of carbonyl (C=O) groups excluding carboxylic acids is 2. The monoisotopic (exact) mass is 334 g/mol. The number of amides is 2. The maximum absolute atomic E-state index is 12.9. The molecule has 1 unspecified atom stereocenters. The summed E-state index contributed by atoms with van der Waals surface area (Å²) in [5.74, 6) is 0.0686. The molecule has 1 heterocycles. The Morgan fingerprint density at radius 1 is 1.35 bits per heavy atom. The number of fused-ring (bicyclic) bond motifs is 1. The summed E-state index contributed by atoms with van der Waals surface area (Å²) in [7, 11) is 0. The van der Waals surface area contributed by atoms with E-state index in [-0.39, 0.29) is 29.3 Å². The molecule has 1 aromatic rings. The van der Waals surface area contributed by atoms with Gasteiger partial charge in [0.05, 0.1) is 5.92 Å². The number of carbonyl (C=O) groups is 2. The molecule has 1 saturated heterocycles. The summed E-state index contributed by atoms with van der Waals surface area (Å²) in [6, 6.07) is 6.85. The standard InChI is InChI=1S/C18H23ClN2O2/c1-18(2,3)20-16(22)15(11-6-4-7-12(19)10-11)21-14-9-5-8-13(14)17(21)23/h4,6-7,10,13-15H,5,8-9H2,1-3H3,(H,20,22)/t13-,14+,15?/m1/s1. The van der Waals surface area contributed by atoms with Gasteiger partial charge in [-0.1, -0.05) is 30.2 Å². The van der Waals surface area contributed by atoms with E-state index in [1.807, 2.05) is 32.9 Å². The first-order valence-corrected chi connectivity index (χ1v) is 8.55. The summed E-state index contributed by atoms with van der Waals surface area (Å²) in [6.45, 7) is 5.82. The van der Waals surface area contributed by atoms with Crippen molar-refractivity contribution in [1.82, 2.24) is 10.2 Å². The number of nitrogens with one attached hydrogen (secondary N) is 1. The number of nitrogens with zero attached hydrogens (tertiary/aromatic N) is 1. The molecule has 2 fully saturated rings. The largest absolute Gasteiger partial charge is 0.349 e. The van der Waals surface area contributed by atoms with Gasteiger partial charge < -0.3 is 10.2 Å². The van der Waals surface area contributed by atoms with Crippen molar-refractivity contribution in [2.45, 2.75) is 57.7 Å². The van der Waals surface area contributed by atoms with Crippen LogP contribution in [0.25, 0.3) is 0 Å². The molecule has 0 radical (unpaired) electrons. The fourth-order valence-electron chi connectivity index (χ4n) is 3.71. The minimum atomic E-state index is -0.597. The van der Waals surface area contributed by atoms with Crippen molar-refractivity contribution in [3.63, 3.8) is 0 Å². The van der Waals surface area contributed by atoms with Gasteiger partial charge in [0.25, 0.3) is 0 Å². The Balaban J connectivity index is 1.94. The molecule has 2 aliphatic rings. The van der Waals surface area contributed by atoms with Gasteiger partial charge in [0.2, 0.25) is 11.8 Å². The molecule has 23 heavy (non-hydrogen) atoms. The molecule has 4 nitrogen and oxygen atoms in total. The van der Waals surface area contributed by atoms with E-state index in [2.05, 4.69) is 5.32 Å². The number of β-lactam (4-membered cyclic amide) rings is 1. The highest BCUT2D eigenvalue weighted by Gasteiger charge is 2.54. The summed E-state index contributed by atoms with van der Waals surface area (Å²) in [5, 5.41) is 3.59. The Bertz CT molecular complexity index is 638. The number of likely N-dealkylation sites (tertiary alicyclic amines) is 1. The van der Waals surface area contributed by atoms with Gasteiger partial charge in [-0.25, -0.2) is 0 Å². The summed E-state index contributed by atoms with van der Waals surface area (Å²) in [5.41, 5.74) is 0.426. The van der Waals surface area contributed by atoms with Crippen LogP contribution in [0.1, 0.15) is 51.6 Å². The quantitative estimate of drug-likeness (QED) is 0.862. The van der Waals surface area contributed by atoms with Gasteiger partial charge in [0.1, 0.15) is 6.04 Å². The van der Waals surface area contributed by atoms with E-state index in [4.69, 9.17) is 11.6 Å². The van der Waals surface area contributed by atoms with E-state index in [1.165, 1.54) is 0 Å². The van der Waals surface area contributed by atoms with E-state index < -0.39 is 6.04 Å². The van der Waals surface area contributed by atoms with Crippen molar-refractivity contribution in [1.29, 1.82) is 0 Å². The van der Waals surface area contributed by atoms with Crippen LogP contribution in [0.2, 0.25) is 5.02 Å². The molecule has 0 aromatic heterocycles. The molecule has 2 amide bonds. The minimum Gasteiger partial charge on any atom is -0.349 e. The van der Waals surface area contributed by atoms with E-state index in [0.29, 0.717) is 5.02 Å². The average molecular weight is 335 g/mol. The highest BCUT2D eigenvalue weighted by atomic mass is 35.5. The van der Waals surface area contributed by atoms with Crippen LogP contribution in [0.15, 0.2) is 24.3 Å². The molecular formula is C18H23ClN2O2. The number of hydrogen-bond donors (Lipinski definition) is 1. The summed E-state index contributed by atoms with van der Waals surface area (Å²) in [6.07, 6.45) is 2.99. The lowest BCUT2D eigenvalue weighted by atomic mass is 9.86. The lowest BCUT2D eigenvalue weighted by Crippen LogP contribution is -2.62. The van der Waals surface area contributed by atoms with Crippen molar-refractivity contribution in [3.8, 4) is 0 Å². The van der Waals surface area contributed by atoms with Crippen molar-refractivity contribution in [2.24, 2.45) is 5.92 Å². The molecule has 1 aromatic carbocycles. The fraction of sp³-hybridized carbons (Fsp3) is 0.556. The zero-order valence-electron chi connectivity index (χ0n) is 13.8. The van der Waals surface area contributed by atoms with E-state index >= 15 is 0 Å². The van der Waals surface area contributed by atoms with E-state index in [9.17, 15) is 9.59 Å². The third-order valence-electron chi connectivity index (χ3n) is 4.60. The second-order valence-corrected chi connectivity index (χ2v) is 7.98. The molecule has 0 bridgehead atoms. The number of benzene rings is 1. The van der Waals surface area contributed by atoms with Crippen LogP contribution < -0.4 is 5.32 Å². The van der Waals surface area contributed by atoms with Crippen LogP contribution in [0, 0.1) is 5.92 Å². The topological polar surface area (TPSA) is 49.4 Å². The van der Waals surface area contributed by atoms with Crippen LogP contribution in [0.5, 0.6) is 0 Å². The first-order chi connectivity index (χ1) is 10.8. The van der Waals surface area contributed by atoms with Crippen molar-refractivity contribution >= 4 is 23.4 Å². The Kier molecular flexibility index (Phi) is 4.13. The zero-order chi connectivity index (χ0) is 16.8. The second kappa shape index (κ2) is 5.82. The molecule has 0 spiro atoms. The van der Waals surface area contributed by atoms with Crippen LogP contribution in [-0.2, 0) is 9.59 Å². The first kappa shape index (κ1) is 16.3. The van der Waals surface area contributed by atoms with Crippen molar-refractivity contribution < 1.29 is 9.59 Å². The molecule has 3 atom stereocenters. The fourth-order valence-corrected chi connectivity index (χ4v) is 3.90. The molecule has 124 valence electrons. The second-order valence-electron chi connectivity index (χ2n) is 7.55. The van der Waals surface area contributed by atoms with Crippen LogP contribution in [0.3, 0.4) is 0 Å². The number of hydrogen-bond acceptors (Lipinski definition) is 2. The average Bonchev–Trinajstić information content (AvgIpc) is 2.86. The van der Waals surface area contributed by atoms with E-state index in [1.54, 1.807) is 17.0 Å². The SMILES string of the molecule is CC(C)(C)NC(=O)C(c1cccc(Cl)c1)N1C(=O)[C@@H]2CCC[C@@H]21. The normalized spacial score (nSPS) is 24.9. The maximum Gasteiger partial charge on any atom is 0.247 e. The van der Waals surface area contributed by atoms with E-state index in [0.717, 1.165) is 24.8 Å². The van der Waals surface area contributed by atoms with Gasteiger partial charge in [-0.2, -0.15) is 0 Å². The summed E-state index contributed by atoms with van der Waals surface area (Å²) < 4.78 is 0. The van der Waals surface area contributed by atoms with Gasteiger partial charge in [0, 0.05) is 16.6 Å². The van der Waals surface area contributed by atoms with Crippen molar-refractivity contribution in [2.75, 3.05) is 0 Å². The highest BCUT2D eigenvalue weighted by molar-refractivity contribution is 6.30. The van der Waals surface area contributed by atoms with Gasteiger partial charge >= 0.3 is 0 Å². The van der Waals surface area contributed by atoms with Gasteiger partial charge in [-0.3, -0.25) is 9.59 Å². The molecule has 1 saturated carbocycles. The summed E-state index contributed by atoms with van der Waals surface area (Å²) in [4.78, 5) is 27.2. The zero-order valence-corrected chi connectivity index (χ0v) is 14.6. The van der Waals surface area contributed by atoms with Crippen LogP contribution in [-0.4, -0.2) is 28.3 Å². The first-order valence-electron chi connectivity index (χ1n) is 8.17. The van der Waals surface area contributed by atoms with Gasteiger partial charge in [-0.05, 0) is 51.3 Å². The Morgan fingerprint density at radius 2 is 2.09 bits per heavy atom. The molecule has 1 aliphatic heterocycles. The Morgan fingerprint density at radius 3 is 2.74 bits per heavy atom. The van der Waals surface area contributed by atoms with Crippen LogP contribution >= 0.6 is 11.6 Å². The maximum atomic E-state index is 12.9. The van der Waals surface area contributed by atoms with Gasteiger partial charge in [0.15, 0.2) is 0 Å². The Hall–Kier alpha value is -1.55. The molecule has 5 heteroatoms. The van der Waals surface area contributed by atoms with Crippen LogP contribution in [0.4, 0.5) is 0 Å². The lowest BCUT2D eigenvalue weighted by Gasteiger charge is -2.48. The molecular weight excluding hydrogens is 312 g/mol. The van der Waals surface area contributed by atoms with Gasteiger partial charge in [-0.15, -0.1) is 0 Å². The smallest absolute Gasteiger partial charge is 0.247 e. The minimum absolute atomic E-state index is 0.0986. The molecule has 3 rings (SSSR count). The molecule has 1 aliphatic carbocycles. The predicted octanol–water partition coefficient (Wildman–Crippen LogP) is 3.31. The van der Waals surface area contributed by atoms with Crippen molar-refractivity contribution in [3.05, 3.63) is 34.9 Å². The number of rotatable bonds is 3. The third kappa shape index (κ3) is 3.09. The molecule has 1 N–H and O–H groups in total. The highest BCUT2D eigenvalue weighted by Crippen LogP contribution is 2.45. The third-order valence-corrected chi connectivity index (χ3v) is 4.83. The number of halogens is 1. The predicted molar refractivity (Wildman–Crippen MR) is 90.1 cm³/mol. The Labute approximate surface area is 142 Å².